The van der Waals surface area contributed by atoms with Gasteiger partial charge in [0.15, 0.2) is 5.82 Å². The minimum atomic E-state index is -0.279. The summed E-state index contributed by atoms with van der Waals surface area (Å²) in [6, 6.07) is 4.47. The molecule has 1 aromatic carbocycles. The van der Waals surface area contributed by atoms with Crippen molar-refractivity contribution in [2.75, 3.05) is 17.2 Å². The summed E-state index contributed by atoms with van der Waals surface area (Å²) in [6.07, 6.45) is 2.51. The van der Waals surface area contributed by atoms with Crippen molar-refractivity contribution >= 4 is 51.6 Å². The third-order valence-electron chi connectivity index (χ3n) is 2.46. The topological polar surface area (TPSA) is 49.8 Å². The second-order valence-corrected chi connectivity index (χ2v) is 5.64. The zero-order valence-electron chi connectivity index (χ0n) is 10.8. The van der Waals surface area contributed by atoms with Crippen LogP contribution in [0, 0.1) is 9.39 Å². The highest BCUT2D eigenvalue weighted by Crippen LogP contribution is 2.27. The predicted molar refractivity (Wildman–Crippen MR) is 88.2 cm³/mol. The summed E-state index contributed by atoms with van der Waals surface area (Å²) in [5, 5.41) is 6.59. The smallest absolute Gasteiger partial charge is 0.224 e. The van der Waals surface area contributed by atoms with Crippen LogP contribution in [0.15, 0.2) is 24.4 Å². The third kappa shape index (κ3) is 3.92. The van der Waals surface area contributed by atoms with E-state index in [0.29, 0.717) is 16.8 Å². The molecular weight excluding hydrogens is 394 g/mol. The quantitative estimate of drug-likeness (QED) is 0.721. The molecule has 0 fully saturated rings. The first-order valence-electron chi connectivity index (χ1n) is 6.08. The fraction of sp³-hybridized carbons (Fsp3) is 0.231. The maximum atomic E-state index is 13.1. The number of hydrogen-bond donors (Lipinski definition) is 2. The molecule has 0 spiro atoms. The Bertz CT molecular complexity index is 609. The molecule has 0 bridgehead atoms. The lowest BCUT2D eigenvalue weighted by Gasteiger charge is -2.11. The Labute approximate surface area is 135 Å². The average Bonchev–Trinajstić information content (AvgIpc) is 2.42. The molecule has 0 aliphatic rings. The van der Waals surface area contributed by atoms with E-state index in [1.807, 2.05) is 0 Å². The van der Waals surface area contributed by atoms with E-state index in [4.69, 9.17) is 11.6 Å². The summed E-state index contributed by atoms with van der Waals surface area (Å²) in [5.41, 5.74) is 0.744. The molecule has 20 heavy (non-hydrogen) atoms. The van der Waals surface area contributed by atoms with E-state index in [1.54, 1.807) is 6.07 Å². The molecule has 0 atom stereocenters. The van der Waals surface area contributed by atoms with Gasteiger partial charge in [0.1, 0.15) is 10.8 Å². The van der Waals surface area contributed by atoms with Crippen LogP contribution in [0.5, 0.6) is 0 Å². The van der Waals surface area contributed by atoms with Gasteiger partial charge in [-0.3, -0.25) is 0 Å². The van der Waals surface area contributed by atoms with Gasteiger partial charge in [0.05, 0.1) is 11.9 Å². The summed E-state index contributed by atoms with van der Waals surface area (Å²) >= 11 is 8.12. The van der Waals surface area contributed by atoms with Gasteiger partial charge in [-0.1, -0.05) is 18.5 Å². The minimum Gasteiger partial charge on any atom is -0.354 e. The van der Waals surface area contributed by atoms with Crippen LogP contribution in [-0.4, -0.2) is 16.5 Å². The molecule has 0 saturated heterocycles. The molecule has 4 nitrogen and oxygen atoms in total. The summed E-state index contributed by atoms with van der Waals surface area (Å²) < 4.78 is 13.8. The van der Waals surface area contributed by atoms with Gasteiger partial charge in [0, 0.05) is 10.1 Å². The number of nitrogens with one attached hydrogen (secondary N) is 2. The van der Waals surface area contributed by atoms with Crippen LogP contribution in [0.25, 0.3) is 0 Å². The van der Waals surface area contributed by atoms with Crippen molar-refractivity contribution in [3.8, 4) is 0 Å². The molecule has 7 heteroatoms. The van der Waals surface area contributed by atoms with Crippen molar-refractivity contribution in [1.29, 1.82) is 0 Å². The predicted octanol–water partition coefficient (Wildman–Crippen LogP) is 4.44. The first-order valence-corrected chi connectivity index (χ1v) is 7.54. The first kappa shape index (κ1) is 15.2. The van der Waals surface area contributed by atoms with E-state index in [-0.39, 0.29) is 5.82 Å². The Morgan fingerprint density at radius 2 is 2.20 bits per heavy atom. The van der Waals surface area contributed by atoms with Gasteiger partial charge in [-0.25, -0.2) is 9.37 Å². The van der Waals surface area contributed by atoms with Gasteiger partial charge in [-0.05, 0) is 47.2 Å². The summed E-state index contributed by atoms with van der Waals surface area (Å²) in [7, 11) is 0. The van der Waals surface area contributed by atoms with Gasteiger partial charge in [0.25, 0.3) is 0 Å². The van der Waals surface area contributed by atoms with E-state index >= 15 is 0 Å². The standard InChI is InChI=1S/C13H13ClFIN4/c1-2-5-17-13-18-7-9(14)12(20-13)19-11-4-3-8(15)6-10(11)16/h3-4,6-7H,2,5H2,1H3,(H2,17,18,19,20). The zero-order valence-corrected chi connectivity index (χ0v) is 13.7. The zero-order chi connectivity index (χ0) is 14.5. The van der Waals surface area contributed by atoms with Crippen LogP contribution in [0.1, 0.15) is 13.3 Å². The largest absolute Gasteiger partial charge is 0.354 e. The Hall–Kier alpha value is -1.15. The average molecular weight is 407 g/mol. The van der Waals surface area contributed by atoms with E-state index in [2.05, 4.69) is 50.1 Å². The molecule has 0 aliphatic carbocycles. The number of nitrogens with zero attached hydrogens (tertiary/aromatic N) is 2. The number of halogens is 3. The lowest BCUT2D eigenvalue weighted by atomic mass is 10.3. The van der Waals surface area contributed by atoms with Crippen molar-refractivity contribution in [3.05, 3.63) is 38.8 Å². The minimum absolute atomic E-state index is 0.279. The summed E-state index contributed by atoms with van der Waals surface area (Å²) in [6.45, 7) is 2.85. The summed E-state index contributed by atoms with van der Waals surface area (Å²) in [5.74, 6) is 0.722. The van der Waals surface area contributed by atoms with E-state index < -0.39 is 0 Å². The molecule has 2 aromatic rings. The number of hydrogen-bond acceptors (Lipinski definition) is 4. The lowest BCUT2D eigenvalue weighted by Crippen LogP contribution is -2.06. The Balaban J connectivity index is 2.23. The van der Waals surface area contributed by atoms with Gasteiger partial charge < -0.3 is 10.6 Å². The van der Waals surface area contributed by atoms with Crippen LogP contribution >= 0.6 is 34.2 Å². The lowest BCUT2D eigenvalue weighted by molar-refractivity contribution is 0.627. The molecule has 106 valence electrons. The van der Waals surface area contributed by atoms with Crippen LogP contribution in [0.3, 0.4) is 0 Å². The SMILES string of the molecule is CCCNc1ncc(Cl)c(Nc2ccc(F)cc2I)n1. The van der Waals surface area contributed by atoms with Crippen molar-refractivity contribution < 1.29 is 4.39 Å². The number of benzene rings is 1. The van der Waals surface area contributed by atoms with Crippen molar-refractivity contribution in [2.45, 2.75) is 13.3 Å². The maximum absolute atomic E-state index is 13.1. The summed E-state index contributed by atoms with van der Waals surface area (Å²) in [4.78, 5) is 8.40. The van der Waals surface area contributed by atoms with Gasteiger partial charge in [-0.2, -0.15) is 4.98 Å². The molecule has 0 amide bonds. The second kappa shape index (κ2) is 7.03. The van der Waals surface area contributed by atoms with Crippen LogP contribution in [-0.2, 0) is 0 Å². The first-order chi connectivity index (χ1) is 9.60. The molecule has 1 aromatic heterocycles. The second-order valence-electron chi connectivity index (χ2n) is 4.07. The van der Waals surface area contributed by atoms with Crippen LogP contribution < -0.4 is 10.6 Å². The normalized spacial score (nSPS) is 10.4. The number of aromatic nitrogens is 2. The molecule has 0 unspecified atom stereocenters. The van der Waals surface area contributed by atoms with Crippen molar-refractivity contribution in [1.82, 2.24) is 9.97 Å². The number of anilines is 3. The molecule has 0 aliphatic heterocycles. The van der Waals surface area contributed by atoms with E-state index in [1.165, 1.54) is 18.3 Å². The fourth-order valence-corrected chi connectivity index (χ4v) is 2.25. The van der Waals surface area contributed by atoms with Crippen LogP contribution in [0.4, 0.5) is 21.8 Å². The number of rotatable bonds is 5. The molecular formula is C13H13ClFIN4. The van der Waals surface area contributed by atoms with Crippen LogP contribution in [0.2, 0.25) is 5.02 Å². The monoisotopic (exact) mass is 406 g/mol. The molecule has 2 rings (SSSR count). The Morgan fingerprint density at radius 3 is 2.90 bits per heavy atom. The maximum Gasteiger partial charge on any atom is 0.224 e. The van der Waals surface area contributed by atoms with Gasteiger partial charge in [-0.15, -0.1) is 0 Å². The highest BCUT2D eigenvalue weighted by atomic mass is 127. The molecule has 1 heterocycles. The van der Waals surface area contributed by atoms with Gasteiger partial charge >= 0.3 is 0 Å². The fourth-order valence-electron chi connectivity index (χ4n) is 1.50. The van der Waals surface area contributed by atoms with E-state index in [9.17, 15) is 4.39 Å². The molecule has 0 radical (unpaired) electrons. The molecule has 2 N–H and O–H groups in total. The Kier molecular flexibility index (Phi) is 5.36. The molecule has 0 saturated carbocycles. The Morgan fingerprint density at radius 1 is 1.40 bits per heavy atom. The van der Waals surface area contributed by atoms with Crippen molar-refractivity contribution in [3.63, 3.8) is 0 Å². The van der Waals surface area contributed by atoms with Crippen molar-refractivity contribution in [2.24, 2.45) is 0 Å². The highest BCUT2D eigenvalue weighted by Gasteiger charge is 2.08. The van der Waals surface area contributed by atoms with Gasteiger partial charge in [0.2, 0.25) is 5.95 Å². The van der Waals surface area contributed by atoms with E-state index in [0.717, 1.165) is 22.2 Å². The third-order valence-corrected chi connectivity index (χ3v) is 3.63. The highest BCUT2D eigenvalue weighted by molar-refractivity contribution is 14.1.